The van der Waals surface area contributed by atoms with E-state index in [4.69, 9.17) is 5.73 Å². The minimum atomic E-state index is -4.29. The first-order valence-corrected chi connectivity index (χ1v) is 5.37. The van der Waals surface area contributed by atoms with Gasteiger partial charge in [0.25, 0.3) is 0 Å². The minimum Gasteiger partial charge on any atom is -0.329 e. The quantitative estimate of drug-likeness (QED) is 0.883. The summed E-state index contributed by atoms with van der Waals surface area (Å²) in [5.74, 6) is 0. The third kappa shape index (κ3) is 3.71. The Morgan fingerprint density at radius 3 is 2.35 bits per heavy atom. The number of hydrogen-bond acceptors (Lipinski definition) is 2. The second kappa shape index (κ2) is 5.51. The summed E-state index contributed by atoms with van der Waals surface area (Å²) in [6.45, 7) is 1.70. The molecule has 0 bridgehead atoms. The largest absolute Gasteiger partial charge is 0.405 e. The summed E-state index contributed by atoms with van der Waals surface area (Å²) < 4.78 is 38.0. The van der Waals surface area contributed by atoms with Gasteiger partial charge in [-0.1, -0.05) is 24.3 Å². The molecule has 0 aliphatic heterocycles. The van der Waals surface area contributed by atoms with Gasteiger partial charge in [0.1, 0.15) is 6.04 Å². The summed E-state index contributed by atoms with van der Waals surface area (Å²) in [4.78, 5) is 1.24. The van der Waals surface area contributed by atoms with Crippen LogP contribution in [0.1, 0.15) is 11.1 Å². The van der Waals surface area contributed by atoms with Crippen LogP contribution in [0.5, 0.6) is 0 Å². The standard InChI is InChI=1S/C12H17F3N2/c1-9-5-3-4-6-10(9)8-17(2)11(7-16)12(13,14)15/h3-6,11H,7-8,16H2,1-2H3. The fourth-order valence-electron chi connectivity index (χ4n) is 1.73. The van der Waals surface area contributed by atoms with Gasteiger partial charge in [-0.05, 0) is 25.1 Å². The highest BCUT2D eigenvalue weighted by molar-refractivity contribution is 5.25. The Labute approximate surface area is 99.2 Å². The van der Waals surface area contributed by atoms with Gasteiger partial charge in [-0.25, -0.2) is 0 Å². The molecule has 1 aromatic carbocycles. The molecule has 1 atom stereocenters. The normalized spacial score (nSPS) is 14.1. The molecule has 0 aliphatic carbocycles. The van der Waals surface area contributed by atoms with Gasteiger partial charge in [0, 0.05) is 13.1 Å². The molecule has 1 aromatic rings. The maximum atomic E-state index is 12.7. The lowest BCUT2D eigenvalue weighted by atomic mass is 10.1. The predicted molar refractivity (Wildman–Crippen MR) is 61.5 cm³/mol. The molecule has 0 radical (unpaired) electrons. The monoisotopic (exact) mass is 246 g/mol. The number of aryl methyl sites for hydroxylation is 1. The number of likely N-dealkylation sites (N-methyl/N-ethyl adjacent to an activating group) is 1. The van der Waals surface area contributed by atoms with Crippen LogP contribution in [-0.2, 0) is 6.54 Å². The van der Waals surface area contributed by atoms with E-state index in [1.807, 2.05) is 31.2 Å². The van der Waals surface area contributed by atoms with Gasteiger partial charge in [0.2, 0.25) is 0 Å². The van der Waals surface area contributed by atoms with Crippen molar-refractivity contribution in [2.45, 2.75) is 25.7 Å². The highest BCUT2D eigenvalue weighted by atomic mass is 19.4. The Bertz CT molecular complexity index is 363. The molecular formula is C12H17F3N2. The summed E-state index contributed by atoms with van der Waals surface area (Å²) in [7, 11) is 1.44. The minimum absolute atomic E-state index is 0.244. The van der Waals surface area contributed by atoms with Crippen molar-refractivity contribution in [3.8, 4) is 0 Å². The van der Waals surface area contributed by atoms with E-state index in [-0.39, 0.29) is 6.54 Å². The average Bonchev–Trinajstić information content (AvgIpc) is 2.20. The summed E-state index contributed by atoms with van der Waals surface area (Å²) in [5.41, 5.74) is 7.06. The van der Waals surface area contributed by atoms with E-state index in [2.05, 4.69) is 0 Å². The lowest BCUT2D eigenvalue weighted by molar-refractivity contribution is -0.178. The van der Waals surface area contributed by atoms with Gasteiger partial charge in [0.15, 0.2) is 0 Å². The number of alkyl halides is 3. The number of halogens is 3. The summed E-state index contributed by atoms with van der Waals surface area (Å²) >= 11 is 0. The number of nitrogens with zero attached hydrogens (tertiary/aromatic N) is 1. The maximum absolute atomic E-state index is 12.7. The lowest BCUT2D eigenvalue weighted by Gasteiger charge is -2.29. The molecule has 0 spiro atoms. The summed E-state index contributed by atoms with van der Waals surface area (Å²) in [6, 6.07) is 5.80. The lowest BCUT2D eigenvalue weighted by Crippen LogP contribution is -2.48. The number of nitrogens with two attached hydrogens (primary N) is 1. The van der Waals surface area contributed by atoms with Crippen molar-refractivity contribution in [2.24, 2.45) is 5.73 Å². The molecule has 0 aromatic heterocycles. The van der Waals surface area contributed by atoms with Crippen molar-refractivity contribution in [2.75, 3.05) is 13.6 Å². The van der Waals surface area contributed by atoms with Gasteiger partial charge in [0.05, 0.1) is 0 Å². The van der Waals surface area contributed by atoms with Crippen LogP contribution in [-0.4, -0.2) is 30.7 Å². The van der Waals surface area contributed by atoms with Gasteiger partial charge in [-0.2, -0.15) is 13.2 Å². The van der Waals surface area contributed by atoms with E-state index in [9.17, 15) is 13.2 Å². The van der Waals surface area contributed by atoms with E-state index in [1.54, 1.807) is 0 Å². The summed E-state index contributed by atoms with van der Waals surface area (Å²) in [5, 5.41) is 0. The fraction of sp³-hybridized carbons (Fsp3) is 0.500. The topological polar surface area (TPSA) is 29.3 Å². The molecule has 96 valence electrons. The molecule has 0 saturated carbocycles. The molecule has 0 fully saturated rings. The third-order valence-corrected chi connectivity index (χ3v) is 2.81. The van der Waals surface area contributed by atoms with Crippen LogP contribution in [0.3, 0.4) is 0 Å². The number of benzene rings is 1. The van der Waals surface area contributed by atoms with Crippen LogP contribution >= 0.6 is 0 Å². The highest BCUT2D eigenvalue weighted by Gasteiger charge is 2.41. The van der Waals surface area contributed by atoms with Crippen molar-refractivity contribution in [3.63, 3.8) is 0 Å². The second-order valence-corrected chi connectivity index (χ2v) is 4.13. The van der Waals surface area contributed by atoms with Gasteiger partial charge >= 0.3 is 6.18 Å². The Morgan fingerprint density at radius 1 is 1.29 bits per heavy atom. The van der Waals surface area contributed by atoms with Crippen LogP contribution in [0.15, 0.2) is 24.3 Å². The molecule has 1 rings (SSSR count). The van der Waals surface area contributed by atoms with Crippen molar-refractivity contribution < 1.29 is 13.2 Å². The zero-order valence-electron chi connectivity index (χ0n) is 9.96. The Morgan fingerprint density at radius 2 is 1.88 bits per heavy atom. The molecule has 0 saturated heterocycles. The van der Waals surface area contributed by atoms with Crippen molar-refractivity contribution >= 4 is 0 Å². The number of hydrogen-bond donors (Lipinski definition) is 1. The van der Waals surface area contributed by atoms with Gasteiger partial charge in [-0.3, -0.25) is 4.90 Å². The smallest absolute Gasteiger partial charge is 0.329 e. The zero-order chi connectivity index (χ0) is 13.1. The second-order valence-electron chi connectivity index (χ2n) is 4.13. The van der Waals surface area contributed by atoms with E-state index in [0.717, 1.165) is 11.1 Å². The molecule has 0 heterocycles. The molecule has 0 amide bonds. The fourth-order valence-corrected chi connectivity index (χ4v) is 1.73. The van der Waals surface area contributed by atoms with Crippen LogP contribution < -0.4 is 5.73 Å². The summed E-state index contributed by atoms with van der Waals surface area (Å²) in [6.07, 6.45) is -4.29. The first kappa shape index (κ1) is 14.0. The van der Waals surface area contributed by atoms with Crippen molar-refractivity contribution in [3.05, 3.63) is 35.4 Å². The van der Waals surface area contributed by atoms with Crippen LogP contribution in [0.25, 0.3) is 0 Å². The third-order valence-electron chi connectivity index (χ3n) is 2.81. The predicted octanol–water partition coefficient (Wildman–Crippen LogP) is 2.32. The van der Waals surface area contributed by atoms with Gasteiger partial charge in [-0.15, -0.1) is 0 Å². The van der Waals surface area contributed by atoms with E-state index >= 15 is 0 Å². The van der Waals surface area contributed by atoms with E-state index in [0.29, 0.717) is 0 Å². The Kier molecular flexibility index (Phi) is 4.54. The number of rotatable bonds is 4. The molecular weight excluding hydrogens is 229 g/mol. The van der Waals surface area contributed by atoms with E-state index < -0.39 is 18.8 Å². The molecule has 0 aliphatic rings. The van der Waals surface area contributed by atoms with Crippen LogP contribution in [0, 0.1) is 6.92 Å². The Balaban J connectivity index is 2.78. The molecule has 1 unspecified atom stereocenters. The Hall–Kier alpha value is -1.07. The van der Waals surface area contributed by atoms with Crippen molar-refractivity contribution in [1.82, 2.24) is 4.90 Å². The van der Waals surface area contributed by atoms with Crippen molar-refractivity contribution in [1.29, 1.82) is 0 Å². The maximum Gasteiger partial charge on any atom is 0.405 e. The van der Waals surface area contributed by atoms with E-state index in [1.165, 1.54) is 11.9 Å². The van der Waals surface area contributed by atoms with Gasteiger partial charge < -0.3 is 5.73 Å². The molecule has 2 N–H and O–H groups in total. The molecule has 5 heteroatoms. The van der Waals surface area contributed by atoms with Crippen LogP contribution in [0.4, 0.5) is 13.2 Å². The first-order chi connectivity index (χ1) is 7.86. The molecule has 2 nitrogen and oxygen atoms in total. The SMILES string of the molecule is Cc1ccccc1CN(C)C(CN)C(F)(F)F. The average molecular weight is 246 g/mol. The highest BCUT2D eigenvalue weighted by Crippen LogP contribution is 2.24. The zero-order valence-corrected chi connectivity index (χ0v) is 9.96. The molecule has 17 heavy (non-hydrogen) atoms. The van der Waals surface area contributed by atoms with Crippen LogP contribution in [0.2, 0.25) is 0 Å². The first-order valence-electron chi connectivity index (χ1n) is 5.37.